The first kappa shape index (κ1) is 12.9. The molecule has 1 aromatic carbocycles. The lowest BCUT2D eigenvalue weighted by Crippen LogP contribution is -2.36. The van der Waals surface area contributed by atoms with Gasteiger partial charge in [0.1, 0.15) is 11.7 Å². The highest BCUT2D eigenvalue weighted by molar-refractivity contribution is 5.79. The molecule has 0 spiro atoms. The van der Waals surface area contributed by atoms with Crippen LogP contribution in [0.15, 0.2) is 18.2 Å². The number of nitro groups is 1. The maximum Gasteiger partial charge on any atom is 0.327 e. The first-order valence-corrected chi connectivity index (χ1v) is 4.74. The zero-order chi connectivity index (χ0) is 13.2. The molecule has 7 heteroatoms. The third-order valence-corrected chi connectivity index (χ3v) is 2.47. The highest BCUT2D eigenvalue weighted by Crippen LogP contribution is 2.30. The lowest BCUT2D eigenvalue weighted by Gasteiger charge is -2.23. The van der Waals surface area contributed by atoms with Crippen molar-refractivity contribution < 1.29 is 19.2 Å². The quantitative estimate of drug-likeness (QED) is 0.641. The predicted octanol–water partition coefficient (Wildman–Crippen LogP) is 1.64. The summed E-state index contributed by atoms with van der Waals surface area (Å²) in [6, 6.07) is 2.57. The minimum absolute atomic E-state index is 0.0649. The summed E-state index contributed by atoms with van der Waals surface area (Å²) in [5, 5.41) is 19.5. The zero-order valence-corrected chi connectivity index (χ0v) is 9.25. The van der Waals surface area contributed by atoms with Gasteiger partial charge in [-0.1, -0.05) is 6.07 Å². The summed E-state index contributed by atoms with van der Waals surface area (Å²) < 4.78 is 13.3. The second-order valence-electron chi connectivity index (χ2n) is 3.49. The molecule has 1 aromatic rings. The van der Waals surface area contributed by atoms with Crippen LogP contribution < -0.4 is 4.90 Å². The van der Waals surface area contributed by atoms with Crippen molar-refractivity contribution in [3.05, 3.63) is 34.1 Å². The summed E-state index contributed by atoms with van der Waals surface area (Å²) in [6.45, 7) is 1.36. The maximum atomic E-state index is 13.3. The Morgan fingerprint density at radius 3 is 2.65 bits per heavy atom. The van der Waals surface area contributed by atoms with Gasteiger partial charge in [-0.3, -0.25) is 10.1 Å². The van der Waals surface area contributed by atoms with Crippen LogP contribution in [0.3, 0.4) is 0 Å². The van der Waals surface area contributed by atoms with Crippen LogP contribution in [0.25, 0.3) is 0 Å². The molecule has 0 saturated heterocycles. The van der Waals surface area contributed by atoms with Gasteiger partial charge < -0.3 is 10.0 Å². The number of hydrogen-bond acceptors (Lipinski definition) is 4. The van der Waals surface area contributed by atoms with Crippen molar-refractivity contribution in [3.8, 4) is 0 Å². The van der Waals surface area contributed by atoms with Gasteiger partial charge in [0.25, 0.3) is 0 Å². The zero-order valence-electron chi connectivity index (χ0n) is 9.25. The topological polar surface area (TPSA) is 83.7 Å². The lowest BCUT2D eigenvalue weighted by molar-refractivity contribution is -0.386. The molecule has 0 bridgehead atoms. The lowest BCUT2D eigenvalue weighted by atomic mass is 10.2. The molecule has 0 aliphatic heterocycles. The molecule has 0 amide bonds. The average molecular weight is 242 g/mol. The molecule has 0 saturated carbocycles. The van der Waals surface area contributed by atoms with Crippen LogP contribution in [0, 0.1) is 15.9 Å². The Balaban J connectivity index is 3.26. The second-order valence-corrected chi connectivity index (χ2v) is 3.49. The van der Waals surface area contributed by atoms with E-state index in [2.05, 4.69) is 0 Å². The molecule has 0 radical (unpaired) electrons. The van der Waals surface area contributed by atoms with Gasteiger partial charge >= 0.3 is 11.7 Å². The predicted molar refractivity (Wildman–Crippen MR) is 58.6 cm³/mol. The summed E-state index contributed by atoms with van der Waals surface area (Å²) in [7, 11) is 1.36. The molecule has 1 N–H and O–H groups in total. The van der Waals surface area contributed by atoms with E-state index in [1.165, 1.54) is 26.1 Å². The van der Waals surface area contributed by atoms with E-state index in [-0.39, 0.29) is 5.69 Å². The number of carbonyl (C=O) groups is 1. The minimum atomic E-state index is -1.15. The van der Waals surface area contributed by atoms with E-state index in [1.807, 2.05) is 0 Å². The van der Waals surface area contributed by atoms with Crippen molar-refractivity contribution in [2.45, 2.75) is 13.0 Å². The SMILES string of the molecule is CC(C(=O)O)N(C)c1cccc(F)c1[N+](=O)[O-]. The summed E-state index contributed by atoms with van der Waals surface area (Å²) in [4.78, 5) is 21.8. The maximum absolute atomic E-state index is 13.3. The van der Waals surface area contributed by atoms with Crippen molar-refractivity contribution >= 4 is 17.3 Å². The number of para-hydroxylation sites is 1. The number of carboxylic acids is 1. The highest BCUT2D eigenvalue weighted by Gasteiger charge is 2.27. The number of anilines is 1. The average Bonchev–Trinajstić information content (AvgIpc) is 2.25. The third-order valence-electron chi connectivity index (χ3n) is 2.47. The van der Waals surface area contributed by atoms with Crippen molar-refractivity contribution in [2.24, 2.45) is 0 Å². The Kier molecular flexibility index (Phi) is 3.62. The Bertz CT molecular complexity index is 464. The number of benzene rings is 1. The Labute approximate surface area is 96.4 Å². The smallest absolute Gasteiger partial charge is 0.327 e. The fourth-order valence-corrected chi connectivity index (χ4v) is 1.34. The van der Waals surface area contributed by atoms with Crippen LogP contribution in [0.5, 0.6) is 0 Å². The number of rotatable bonds is 4. The fraction of sp³-hybridized carbons (Fsp3) is 0.300. The first-order chi connectivity index (χ1) is 7.86. The summed E-state index contributed by atoms with van der Waals surface area (Å²) >= 11 is 0. The fourth-order valence-electron chi connectivity index (χ4n) is 1.34. The number of nitro benzene ring substituents is 1. The minimum Gasteiger partial charge on any atom is -0.480 e. The number of hydrogen-bond donors (Lipinski definition) is 1. The molecule has 92 valence electrons. The van der Waals surface area contributed by atoms with Gasteiger partial charge in [0.15, 0.2) is 0 Å². The summed E-state index contributed by atoms with van der Waals surface area (Å²) in [5.74, 6) is -2.14. The molecule has 1 rings (SSSR count). The molecule has 0 aliphatic carbocycles. The van der Waals surface area contributed by atoms with E-state index in [4.69, 9.17) is 5.11 Å². The van der Waals surface area contributed by atoms with Crippen LogP contribution in [0.1, 0.15) is 6.92 Å². The van der Waals surface area contributed by atoms with Gasteiger partial charge in [-0.25, -0.2) is 4.79 Å². The Hall–Kier alpha value is -2.18. The number of carboxylic acid groups (broad SMARTS) is 1. The largest absolute Gasteiger partial charge is 0.480 e. The van der Waals surface area contributed by atoms with E-state index in [0.29, 0.717) is 0 Å². The molecule has 0 heterocycles. The van der Waals surface area contributed by atoms with Gasteiger partial charge in [-0.15, -0.1) is 0 Å². The van der Waals surface area contributed by atoms with Crippen LogP contribution in [0.2, 0.25) is 0 Å². The van der Waals surface area contributed by atoms with Gasteiger partial charge in [0.2, 0.25) is 5.82 Å². The highest BCUT2D eigenvalue weighted by atomic mass is 19.1. The molecule has 0 aliphatic rings. The molecule has 0 fully saturated rings. The summed E-state index contributed by atoms with van der Waals surface area (Å²) in [6.07, 6.45) is 0. The molecule has 1 unspecified atom stereocenters. The van der Waals surface area contributed by atoms with E-state index in [9.17, 15) is 19.3 Å². The standard InChI is InChI=1S/C10H11FN2O4/c1-6(10(14)15)12(2)8-5-3-4-7(11)9(8)13(16)17/h3-6H,1-2H3,(H,14,15). The van der Waals surface area contributed by atoms with Crippen molar-refractivity contribution in [2.75, 3.05) is 11.9 Å². The molecule has 17 heavy (non-hydrogen) atoms. The van der Waals surface area contributed by atoms with Gasteiger partial charge in [-0.05, 0) is 19.1 Å². The third kappa shape index (κ3) is 2.49. The van der Waals surface area contributed by atoms with E-state index < -0.39 is 28.4 Å². The number of likely N-dealkylation sites (N-methyl/N-ethyl adjacent to an activating group) is 1. The number of halogens is 1. The molecular weight excluding hydrogens is 231 g/mol. The number of nitrogens with zero attached hydrogens (tertiary/aromatic N) is 2. The van der Waals surface area contributed by atoms with Gasteiger partial charge in [0, 0.05) is 7.05 Å². The number of aliphatic carboxylic acids is 1. The molecule has 6 nitrogen and oxygen atoms in total. The van der Waals surface area contributed by atoms with Crippen molar-refractivity contribution in [1.29, 1.82) is 0 Å². The van der Waals surface area contributed by atoms with E-state index >= 15 is 0 Å². The van der Waals surface area contributed by atoms with E-state index in [1.54, 1.807) is 0 Å². The Morgan fingerprint density at radius 1 is 1.59 bits per heavy atom. The van der Waals surface area contributed by atoms with Crippen LogP contribution in [0.4, 0.5) is 15.8 Å². The van der Waals surface area contributed by atoms with Crippen LogP contribution >= 0.6 is 0 Å². The second kappa shape index (κ2) is 4.77. The molecular formula is C10H11FN2O4. The van der Waals surface area contributed by atoms with Crippen molar-refractivity contribution in [3.63, 3.8) is 0 Å². The summed E-state index contributed by atoms with van der Waals surface area (Å²) in [5.41, 5.74) is -0.784. The first-order valence-electron chi connectivity index (χ1n) is 4.74. The molecule has 0 aromatic heterocycles. The molecule has 1 atom stereocenters. The van der Waals surface area contributed by atoms with Gasteiger partial charge in [0.05, 0.1) is 4.92 Å². The Morgan fingerprint density at radius 2 is 2.18 bits per heavy atom. The van der Waals surface area contributed by atoms with Crippen LogP contribution in [-0.2, 0) is 4.79 Å². The van der Waals surface area contributed by atoms with Crippen molar-refractivity contribution in [1.82, 2.24) is 0 Å². The van der Waals surface area contributed by atoms with Gasteiger partial charge in [-0.2, -0.15) is 4.39 Å². The van der Waals surface area contributed by atoms with E-state index in [0.717, 1.165) is 11.0 Å². The monoisotopic (exact) mass is 242 g/mol. The normalized spacial score (nSPS) is 11.9. The van der Waals surface area contributed by atoms with Crippen LogP contribution in [-0.4, -0.2) is 29.1 Å².